The van der Waals surface area contributed by atoms with E-state index in [4.69, 9.17) is 4.74 Å². The third-order valence-electron chi connectivity index (χ3n) is 4.01. The van der Waals surface area contributed by atoms with E-state index in [2.05, 4.69) is 20.4 Å². The Morgan fingerprint density at radius 2 is 2.03 bits per heavy atom. The van der Waals surface area contributed by atoms with Gasteiger partial charge in [-0.2, -0.15) is 0 Å². The van der Waals surface area contributed by atoms with Crippen molar-refractivity contribution in [1.29, 1.82) is 0 Å². The van der Waals surface area contributed by atoms with E-state index in [0.29, 0.717) is 11.3 Å². The van der Waals surface area contributed by atoms with E-state index >= 15 is 0 Å². The Bertz CT molecular complexity index is 889. The first-order valence-electron chi connectivity index (χ1n) is 8.44. The van der Waals surface area contributed by atoms with E-state index in [1.54, 1.807) is 12.1 Å². The monoisotopic (exact) mass is 410 g/mol. The van der Waals surface area contributed by atoms with Crippen LogP contribution in [0.5, 0.6) is 5.75 Å². The van der Waals surface area contributed by atoms with Crippen LogP contribution in [0.15, 0.2) is 42.6 Å². The van der Waals surface area contributed by atoms with E-state index in [9.17, 15) is 22.8 Å². The zero-order chi connectivity index (χ0) is 21.0. The quantitative estimate of drug-likeness (QED) is 0.791. The minimum Gasteiger partial charge on any atom is -0.406 e. The van der Waals surface area contributed by atoms with E-state index in [0.717, 1.165) is 12.1 Å². The van der Waals surface area contributed by atoms with Gasteiger partial charge in [0.1, 0.15) is 12.3 Å². The first-order valence-corrected chi connectivity index (χ1v) is 8.44. The van der Waals surface area contributed by atoms with Crippen molar-refractivity contribution >= 4 is 23.4 Å². The van der Waals surface area contributed by atoms with Crippen molar-refractivity contribution in [3.8, 4) is 5.75 Å². The number of methoxy groups -OCH3 is 1. The molecule has 2 aromatic rings. The van der Waals surface area contributed by atoms with Gasteiger partial charge in [0.25, 0.3) is 0 Å². The maximum atomic E-state index is 12.8. The lowest BCUT2D eigenvalue weighted by atomic mass is 10.1. The van der Waals surface area contributed by atoms with Crippen LogP contribution in [0, 0.1) is 0 Å². The number of fused-ring (bicyclic) bond motifs is 1. The Morgan fingerprint density at radius 3 is 2.69 bits per heavy atom. The standard InChI is InChI=1S/C18H17F3N4O4/c1-28-10-14(11-4-6-12(7-5-11)29-18(19,20)21)24-17(27)25-9-15(26)23-13-3-2-8-22-16(13)25/h2-8,14H,9-10H2,1H3,(H,23,26)(H,24,27)/t14-/m0/s1. The number of amides is 3. The number of anilines is 2. The highest BCUT2D eigenvalue weighted by Gasteiger charge is 2.32. The molecule has 3 amide bonds. The number of nitrogens with zero attached hydrogens (tertiary/aromatic N) is 2. The lowest BCUT2D eigenvalue weighted by Gasteiger charge is -2.29. The highest BCUT2D eigenvalue weighted by molar-refractivity contribution is 6.08. The van der Waals surface area contributed by atoms with Gasteiger partial charge in [-0.15, -0.1) is 13.2 Å². The molecule has 1 aliphatic heterocycles. The Morgan fingerprint density at radius 1 is 1.31 bits per heavy atom. The predicted molar refractivity (Wildman–Crippen MR) is 96.5 cm³/mol. The van der Waals surface area contributed by atoms with Gasteiger partial charge in [0.05, 0.1) is 18.3 Å². The number of benzene rings is 1. The molecular weight excluding hydrogens is 393 g/mol. The van der Waals surface area contributed by atoms with Gasteiger partial charge in [-0.05, 0) is 29.8 Å². The summed E-state index contributed by atoms with van der Waals surface area (Å²) in [6, 6.07) is 7.03. The Labute approximate surface area is 163 Å². The van der Waals surface area contributed by atoms with Crippen molar-refractivity contribution < 1.29 is 32.2 Å². The summed E-state index contributed by atoms with van der Waals surface area (Å²) in [6.45, 7) is -0.172. The van der Waals surface area contributed by atoms with Gasteiger partial charge in [-0.25, -0.2) is 9.78 Å². The first kappa shape index (κ1) is 20.4. The van der Waals surface area contributed by atoms with Crippen LogP contribution in [-0.2, 0) is 9.53 Å². The van der Waals surface area contributed by atoms with Crippen LogP contribution in [-0.4, -0.2) is 43.5 Å². The number of aromatic nitrogens is 1. The number of alkyl halides is 3. The molecule has 0 saturated heterocycles. The van der Waals surface area contributed by atoms with Crippen LogP contribution in [0.2, 0.25) is 0 Å². The lowest BCUT2D eigenvalue weighted by molar-refractivity contribution is -0.274. The molecule has 0 aliphatic carbocycles. The number of carbonyl (C=O) groups is 2. The smallest absolute Gasteiger partial charge is 0.406 e. The SMILES string of the molecule is COC[C@H](NC(=O)N1CC(=O)Nc2cccnc21)c1ccc(OC(F)(F)F)cc1. The molecule has 0 bridgehead atoms. The molecule has 2 N–H and O–H groups in total. The molecule has 1 aromatic heterocycles. The Balaban J connectivity index is 1.77. The van der Waals surface area contributed by atoms with Crippen LogP contribution < -0.4 is 20.3 Å². The van der Waals surface area contributed by atoms with Gasteiger partial charge >= 0.3 is 12.4 Å². The molecule has 0 saturated carbocycles. The number of ether oxygens (including phenoxy) is 2. The molecule has 2 heterocycles. The fourth-order valence-corrected chi connectivity index (χ4v) is 2.80. The number of pyridine rings is 1. The average molecular weight is 410 g/mol. The molecule has 0 spiro atoms. The van der Waals surface area contributed by atoms with E-state index in [1.807, 2.05) is 0 Å². The van der Waals surface area contributed by atoms with Crippen molar-refractivity contribution in [2.24, 2.45) is 0 Å². The van der Waals surface area contributed by atoms with Crippen LogP contribution >= 0.6 is 0 Å². The van der Waals surface area contributed by atoms with E-state index < -0.39 is 18.4 Å². The van der Waals surface area contributed by atoms with Crippen molar-refractivity contribution in [3.63, 3.8) is 0 Å². The third-order valence-corrected chi connectivity index (χ3v) is 4.01. The molecule has 0 unspecified atom stereocenters. The average Bonchev–Trinajstić information content (AvgIpc) is 2.66. The van der Waals surface area contributed by atoms with Gasteiger partial charge < -0.3 is 20.1 Å². The van der Waals surface area contributed by atoms with E-state index in [-0.39, 0.29) is 30.6 Å². The summed E-state index contributed by atoms with van der Waals surface area (Å²) in [4.78, 5) is 30.0. The molecule has 8 nitrogen and oxygen atoms in total. The third kappa shape index (κ3) is 5.13. The molecule has 3 rings (SSSR count). The number of carbonyl (C=O) groups excluding carboxylic acids is 2. The molecule has 1 aromatic carbocycles. The van der Waals surface area contributed by atoms with Crippen LogP contribution in [0.4, 0.5) is 29.5 Å². The number of hydrogen-bond donors (Lipinski definition) is 2. The highest BCUT2D eigenvalue weighted by Crippen LogP contribution is 2.28. The summed E-state index contributed by atoms with van der Waals surface area (Å²) in [7, 11) is 1.42. The van der Waals surface area contributed by atoms with Crippen molar-refractivity contribution in [2.75, 3.05) is 30.5 Å². The number of halogens is 3. The maximum Gasteiger partial charge on any atom is 0.573 e. The van der Waals surface area contributed by atoms with Gasteiger partial charge in [0.2, 0.25) is 5.91 Å². The second kappa shape index (κ2) is 8.35. The van der Waals surface area contributed by atoms with E-state index in [1.165, 1.54) is 30.3 Å². The molecular formula is C18H17F3N4O4. The summed E-state index contributed by atoms with van der Waals surface area (Å²) in [5.41, 5.74) is 0.897. The molecule has 0 fully saturated rings. The fraction of sp³-hybridized carbons (Fsp3) is 0.278. The Kier molecular flexibility index (Phi) is 5.87. The van der Waals surface area contributed by atoms with Crippen molar-refractivity contribution in [2.45, 2.75) is 12.4 Å². The minimum atomic E-state index is -4.79. The molecule has 11 heteroatoms. The largest absolute Gasteiger partial charge is 0.573 e. The van der Waals surface area contributed by atoms with Gasteiger partial charge in [0.15, 0.2) is 5.82 Å². The first-order chi connectivity index (χ1) is 13.8. The normalized spacial score (nSPS) is 14.6. The minimum absolute atomic E-state index is 0.0559. The second-order valence-corrected chi connectivity index (χ2v) is 6.08. The van der Waals surface area contributed by atoms with Crippen LogP contribution in [0.1, 0.15) is 11.6 Å². The molecule has 1 aliphatic rings. The number of hydrogen-bond acceptors (Lipinski definition) is 5. The van der Waals surface area contributed by atoms with Crippen LogP contribution in [0.3, 0.4) is 0 Å². The maximum absolute atomic E-state index is 12.8. The van der Waals surface area contributed by atoms with Gasteiger partial charge in [-0.3, -0.25) is 9.69 Å². The summed E-state index contributed by atoms with van der Waals surface area (Å²) >= 11 is 0. The number of urea groups is 1. The molecule has 29 heavy (non-hydrogen) atoms. The van der Waals surface area contributed by atoms with Crippen LogP contribution in [0.25, 0.3) is 0 Å². The molecule has 0 radical (unpaired) electrons. The summed E-state index contributed by atoms with van der Waals surface area (Å²) < 4.78 is 45.9. The topological polar surface area (TPSA) is 92.8 Å². The zero-order valence-corrected chi connectivity index (χ0v) is 15.2. The molecule has 1 atom stereocenters. The van der Waals surface area contributed by atoms with Gasteiger partial charge in [0, 0.05) is 13.3 Å². The lowest BCUT2D eigenvalue weighted by Crippen LogP contribution is -2.49. The highest BCUT2D eigenvalue weighted by atomic mass is 19.4. The number of rotatable bonds is 5. The summed E-state index contributed by atoms with van der Waals surface area (Å²) in [6.07, 6.45) is -3.31. The van der Waals surface area contributed by atoms with Gasteiger partial charge in [-0.1, -0.05) is 12.1 Å². The molecule has 154 valence electrons. The summed E-state index contributed by atoms with van der Waals surface area (Å²) in [5.74, 6) is -0.471. The van der Waals surface area contributed by atoms with Crippen molar-refractivity contribution in [3.05, 3.63) is 48.2 Å². The predicted octanol–water partition coefficient (Wildman–Crippen LogP) is 2.84. The Hall–Kier alpha value is -3.34. The number of nitrogens with one attached hydrogen (secondary N) is 2. The summed E-state index contributed by atoms with van der Waals surface area (Å²) in [5, 5.41) is 5.34. The van der Waals surface area contributed by atoms with Crippen molar-refractivity contribution in [1.82, 2.24) is 10.3 Å². The fourth-order valence-electron chi connectivity index (χ4n) is 2.80. The zero-order valence-electron chi connectivity index (χ0n) is 15.2. The second-order valence-electron chi connectivity index (χ2n) is 6.08.